The SMILES string of the molecule is CCCCCCCCCCCCCCOP(C)(=O)O. The Labute approximate surface area is 119 Å². The van der Waals surface area contributed by atoms with Gasteiger partial charge in [0.15, 0.2) is 0 Å². The van der Waals surface area contributed by atoms with Crippen molar-refractivity contribution in [3.05, 3.63) is 0 Å². The predicted molar refractivity (Wildman–Crippen MR) is 82.8 cm³/mol. The van der Waals surface area contributed by atoms with Crippen molar-refractivity contribution >= 4 is 7.60 Å². The summed E-state index contributed by atoms with van der Waals surface area (Å²) in [6.07, 6.45) is 15.5. The highest BCUT2D eigenvalue weighted by molar-refractivity contribution is 7.51. The van der Waals surface area contributed by atoms with Crippen LogP contribution in [0, 0.1) is 0 Å². The molecule has 0 aromatic heterocycles. The molecule has 0 saturated carbocycles. The number of rotatable bonds is 14. The molecule has 3 nitrogen and oxygen atoms in total. The van der Waals surface area contributed by atoms with Gasteiger partial charge in [0.2, 0.25) is 0 Å². The van der Waals surface area contributed by atoms with Crippen LogP contribution in [0.2, 0.25) is 0 Å². The second-order valence-corrected chi connectivity index (χ2v) is 7.39. The molecule has 0 amide bonds. The normalized spacial score (nSPS) is 14.5. The fraction of sp³-hybridized carbons (Fsp3) is 1.00. The van der Waals surface area contributed by atoms with Crippen LogP contribution in [0.25, 0.3) is 0 Å². The smallest absolute Gasteiger partial charge is 0.324 e. The van der Waals surface area contributed by atoms with Crippen LogP contribution in [-0.2, 0) is 9.09 Å². The van der Waals surface area contributed by atoms with Crippen molar-refractivity contribution < 1.29 is 14.0 Å². The maximum Gasteiger partial charge on any atom is 0.325 e. The lowest BCUT2D eigenvalue weighted by Crippen LogP contribution is -1.91. The molecule has 0 aromatic carbocycles. The fourth-order valence-corrected chi connectivity index (χ4v) is 2.64. The molecule has 0 spiro atoms. The van der Waals surface area contributed by atoms with Gasteiger partial charge in [-0.2, -0.15) is 0 Å². The Morgan fingerprint density at radius 1 is 0.789 bits per heavy atom. The number of unbranched alkanes of at least 4 members (excludes halogenated alkanes) is 11. The van der Waals surface area contributed by atoms with Gasteiger partial charge in [0, 0.05) is 6.66 Å². The minimum Gasteiger partial charge on any atom is -0.324 e. The van der Waals surface area contributed by atoms with E-state index in [4.69, 9.17) is 9.42 Å². The molecule has 0 aliphatic carbocycles. The summed E-state index contributed by atoms with van der Waals surface area (Å²) in [7, 11) is -3.25. The molecule has 1 unspecified atom stereocenters. The minimum atomic E-state index is -3.25. The molecule has 19 heavy (non-hydrogen) atoms. The first-order valence-electron chi connectivity index (χ1n) is 8.01. The molecule has 0 fully saturated rings. The van der Waals surface area contributed by atoms with Crippen molar-refractivity contribution in [3.63, 3.8) is 0 Å². The Kier molecular flexibility index (Phi) is 13.3. The summed E-state index contributed by atoms with van der Waals surface area (Å²) in [4.78, 5) is 8.93. The standard InChI is InChI=1S/C15H33O3P/c1-3-4-5-6-7-8-9-10-11-12-13-14-15-18-19(2,16)17/h3-15H2,1-2H3,(H,16,17). The van der Waals surface area contributed by atoms with Crippen molar-refractivity contribution in [1.29, 1.82) is 0 Å². The van der Waals surface area contributed by atoms with Gasteiger partial charge in [0.25, 0.3) is 0 Å². The summed E-state index contributed by atoms with van der Waals surface area (Å²) in [6.45, 7) is 3.92. The van der Waals surface area contributed by atoms with Crippen molar-refractivity contribution in [2.24, 2.45) is 0 Å². The zero-order chi connectivity index (χ0) is 14.4. The highest BCUT2D eigenvalue weighted by Gasteiger charge is 2.08. The summed E-state index contributed by atoms with van der Waals surface area (Å²) in [5, 5.41) is 0. The Hall–Kier alpha value is 0.150. The van der Waals surface area contributed by atoms with E-state index >= 15 is 0 Å². The first-order chi connectivity index (χ1) is 9.06. The average Bonchev–Trinajstić information content (AvgIpc) is 2.34. The first-order valence-corrected chi connectivity index (χ1v) is 10.0. The summed E-state index contributed by atoms with van der Waals surface area (Å²) >= 11 is 0. The first kappa shape index (κ1) is 19.1. The lowest BCUT2D eigenvalue weighted by molar-refractivity contribution is 0.257. The van der Waals surface area contributed by atoms with Gasteiger partial charge in [-0.05, 0) is 6.42 Å². The van der Waals surface area contributed by atoms with Gasteiger partial charge in [-0.1, -0.05) is 77.6 Å². The maximum absolute atomic E-state index is 10.8. The van der Waals surface area contributed by atoms with E-state index in [-0.39, 0.29) is 0 Å². The van der Waals surface area contributed by atoms with E-state index in [2.05, 4.69) is 6.92 Å². The average molecular weight is 292 g/mol. The molecule has 0 radical (unpaired) electrons. The van der Waals surface area contributed by atoms with Gasteiger partial charge in [-0.15, -0.1) is 0 Å². The fourth-order valence-electron chi connectivity index (χ4n) is 2.18. The quantitative estimate of drug-likeness (QED) is 0.339. The lowest BCUT2D eigenvalue weighted by Gasteiger charge is -2.06. The molecule has 0 rings (SSSR count). The molecule has 116 valence electrons. The van der Waals surface area contributed by atoms with E-state index in [0.717, 1.165) is 12.8 Å². The van der Waals surface area contributed by atoms with Gasteiger partial charge in [0.05, 0.1) is 6.61 Å². The second-order valence-electron chi connectivity index (χ2n) is 5.53. The van der Waals surface area contributed by atoms with E-state index in [1.54, 1.807) is 0 Å². The van der Waals surface area contributed by atoms with Crippen LogP contribution in [0.4, 0.5) is 0 Å². The van der Waals surface area contributed by atoms with Crippen LogP contribution in [-0.4, -0.2) is 18.2 Å². The third-order valence-corrected chi connectivity index (χ3v) is 3.99. The van der Waals surface area contributed by atoms with Crippen molar-refractivity contribution in [2.45, 2.75) is 84.0 Å². The van der Waals surface area contributed by atoms with E-state index in [1.165, 1.54) is 70.9 Å². The van der Waals surface area contributed by atoms with Gasteiger partial charge >= 0.3 is 7.60 Å². The number of hydrogen-bond donors (Lipinski definition) is 1. The van der Waals surface area contributed by atoms with Crippen LogP contribution in [0.3, 0.4) is 0 Å². The van der Waals surface area contributed by atoms with Crippen LogP contribution >= 0.6 is 7.60 Å². The molecule has 0 bridgehead atoms. The van der Waals surface area contributed by atoms with E-state index in [1.807, 2.05) is 0 Å². The topological polar surface area (TPSA) is 46.5 Å². The Morgan fingerprint density at radius 2 is 1.16 bits per heavy atom. The highest BCUT2D eigenvalue weighted by Crippen LogP contribution is 2.36. The Bertz CT molecular complexity index is 225. The van der Waals surface area contributed by atoms with Crippen LogP contribution in [0.1, 0.15) is 84.0 Å². The molecule has 0 aliphatic rings. The molecule has 1 N–H and O–H groups in total. The second kappa shape index (κ2) is 13.1. The monoisotopic (exact) mass is 292 g/mol. The lowest BCUT2D eigenvalue weighted by atomic mass is 10.1. The van der Waals surface area contributed by atoms with Crippen molar-refractivity contribution in [2.75, 3.05) is 13.3 Å². The maximum atomic E-state index is 10.8. The zero-order valence-electron chi connectivity index (χ0n) is 12.9. The zero-order valence-corrected chi connectivity index (χ0v) is 13.8. The third kappa shape index (κ3) is 18.1. The number of hydrogen-bond acceptors (Lipinski definition) is 2. The van der Waals surface area contributed by atoms with E-state index < -0.39 is 7.60 Å². The van der Waals surface area contributed by atoms with E-state index in [9.17, 15) is 4.57 Å². The van der Waals surface area contributed by atoms with Gasteiger partial charge in [-0.25, -0.2) is 0 Å². The minimum absolute atomic E-state index is 0.418. The Morgan fingerprint density at radius 3 is 1.53 bits per heavy atom. The van der Waals surface area contributed by atoms with Gasteiger partial charge < -0.3 is 9.42 Å². The summed E-state index contributed by atoms with van der Waals surface area (Å²) in [5.41, 5.74) is 0. The van der Waals surface area contributed by atoms with E-state index in [0.29, 0.717) is 6.61 Å². The van der Waals surface area contributed by atoms with Crippen molar-refractivity contribution in [1.82, 2.24) is 0 Å². The predicted octanol–water partition coefficient (Wildman–Crippen LogP) is 5.52. The van der Waals surface area contributed by atoms with Crippen molar-refractivity contribution in [3.8, 4) is 0 Å². The van der Waals surface area contributed by atoms with Gasteiger partial charge in [-0.3, -0.25) is 4.57 Å². The van der Waals surface area contributed by atoms with Gasteiger partial charge in [0.1, 0.15) is 0 Å². The Balaban J connectivity index is 3.01. The largest absolute Gasteiger partial charge is 0.325 e. The van der Waals surface area contributed by atoms with Crippen LogP contribution < -0.4 is 0 Å². The molecule has 4 heteroatoms. The molecule has 1 atom stereocenters. The molecule has 0 aromatic rings. The molecular formula is C15H33O3P. The summed E-state index contributed by atoms with van der Waals surface area (Å²) in [5.74, 6) is 0. The summed E-state index contributed by atoms with van der Waals surface area (Å²) < 4.78 is 15.7. The highest BCUT2D eigenvalue weighted by atomic mass is 31.2. The third-order valence-electron chi connectivity index (χ3n) is 3.33. The van der Waals surface area contributed by atoms with Crippen LogP contribution in [0.5, 0.6) is 0 Å². The van der Waals surface area contributed by atoms with Crippen LogP contribution in [0.15, 0.2) is 0 Å². The molecule has 0 aliphatic heterocycles. The molecule has 0 heterocycles. The molecule has 0 saturated heterocycles. The molecular weight excluding hydrogens is 259 g/mol. The summed E-state index contributed by atoms with van der Waals surface area (Å²) in [6, 6.07) is 0.